The molecule has 0 aliphatic rings. The van der Waals surface area contributed by atoms with Gasteiger partial charge in [0.1, 0.15) is 0 Å². The van der Waals surface area contributed by atoms with E-state index in [9.17, 15) is 0 Å². The molecule has 1 nitrogen and oxygen atoms in total. The van der Waals surface area contributed by atoms with Crippen LogP contribution in [0.3, 0.4) is 0 Å². The van der Waals surface area contributed by atoms with Crippen LogP contribution in [0.5, 0.6) is 0 Å². The lowest BCUT2D eigenvalue weighted by Crippen LogP contribution is -1.81. The molecule has 1 aromatic rings. The van der Waals surface area contributed by atoms with Gasteiger partial charge in [0, 0.05) is 5.02 Å². The van der Waals surface area contributed by atoms with Crippen LogP contribution in [-0.4, -0.2) is 5.11 Å². The average Bonchev–Trinajstić information content (AvgIpc) is 1.89. The van der Waals surface area contributed by atoms with Crippen molar-refractivity contribution in [2.75, 3.05) is 0 Å². The number of hydrogen-bond donors (Lipinski definition) is 1. The molecule has 7 heteroatoms. The lowest BCUT2D eigenvalue weighted by molar-refractivity contribution is 0.282. The van der Waals surface area contributed by atoms with Crippen molar-refractivity contribution in [3.05, 3.63) is 34.9 Å². The van der Waals surface area contributed by atoms with Gasteiger partial charge in [0.25, 0.3) is 0 Å². The van der Waals surface area contributed by atoms with E-state index in [2.05, 4.69) is 0 Å². The Balaban J connectivity index is -0.0000000540. The van der Waals surface area contributed by atoms with Gasteiger partial charge in [-0.3, -0.25) is 0 Å². The van der Waals surface area contributed by atoms with E-state index in [-0.39, 0.29) is 61.1 Å². The van der Waals surface area contributed by atoms with Gasteiger partial charge in [0.15, 0.2) is 0 Å². The van der Waals surface area contributed by atoms with Gasteiger partial charge in [0.2, 0.25) is 0 Å². The molecule has 3 unspecified atom stereocenters. The molecule has 3 atom stereocenters. The summed E-state index contributed by atoms with van der Waals surface area (Å²) in [5.41, 5.74) is 0.777. The SMILES string of the molecule is Cl.Cl.OCc1ccccc1Cl.P.P.P. The number of aliphatic hydroxyl groups is 1. The Hall–Kier alpha value is 1.34. The fourth-order valence-corrected chi connectivity index (χ4v) is 0.822. The van der Waals surface area contributed by atoms with Gasteiger partial charge in [-0.2, -0.15) is 29.7 Å². The van der Waals surface area contributed by atoms with Crippen LogP contribution in [-0.2, 0) is 6.61 Å². The van der Waals surface area contributed by atoms with Crippen molar-refractivity contribution in [1.29, 1.82) is 0 Å². The molecule has 0 spiro atoms. The highest BCUT2D eigenvalue weighted by molar-refractivity contribution is 6.92. The third kappa shape index (κ3) is 9.88. The van der Waals surface area contributed by atoms with Gasteiger partial charge in [-0.25, -0.2) is 0 Å². The molecule has 14 heavy (non-hydrogen) atoms. The predicted octanol–water partition coefficient (Wildman–Crippen LogP) is 2.85. The van der Waals surface area contributed by atoms with Crippen LogP contribution in [0, 0.1) is 0 Å². The van der Waals surface area contributed by atoms with Crippen molar-refractivity contribution in [2.24, 2.45) is 0 Å². The lowest BCUT2D eigenvalue weighted by Gasteiger charge is -1.95. The second-order valence-corrected chi connectivity index (χ2v) is 2.16. The van der Waals surface area contributed by atoms with Crippen LogP contribution in [0.15, 0.2) is 24.3 Å². The highest BCUT2D eigenvalue weighted by Crippen LogP contribution is 2.13. The average molecular weight is 318 g/mol. The van der Waals surface area contributed by atoms with E-state index in [1.165, 1.54) is 0 Å². The minimum absolute atomic E-state index is 0. The van der Waals surface area contributed by atoms with Gasteiger partial charge in [-0.1, -0.05) is 29.8 Å². The second kappa shape index (κ2) is 16.8. The summed E-state index contributed by atoms with van der Waals surface area (Å²) in [6.45, 7) is 0.0136. The summed E-state index contributed by atoms with van der Waals surface area (Å²) in [7, 11) is 0. The van der Waals surface area contributed by atoms with E-state index in [1.807, 2.05) is 12.1 Å². The maximum absolute atomic E-state index is 8.63. The molecule has 0 amide bonds. The van der Waals surface area contributed by atoms with E-state index < -0.39 is 0 Å². The molecular weight excluding hydrogens is 299 g/mol. The molecule has 1 rings (SSSR count). The third-order valence-corrected chi connectivity index (χ3v) is 1.50. The number of aliphatic hydroxyl groups excluding tert-OH is 1. The molecule has 0 radical (unpaired) electrons. The minimum atomic E-state index is 0. The Kier molecular flexibility index (Phi) is 35.3. The molecule has 0 saturated heterocycles. The Morgan fingerprint density at radius 2 is 1.43 bits per heavy atom. The summed E-state index contributed by atoms with van der Waals surface area (Å²) in [4.78, 5) is 0. The van der Waals surface area contributed by atoms with Gasteiger partial charge >= 0.3 is 0 Å². The van der Waals surface area contributed by atoms with Crippen LogP contribution in [0.4, 0.5) is 0 Å². The highest BCUT2D eigenvalue weighted by Gasteiger charge is 1.92. The van der Waals surface area contributed by atoms with Crippen molar-refractivity contribution in [3.63, 3.8) is 0 Å². The summed E-state index contributed by atoms with van der Waals surface area (Å²) in [6.07, 6.45) is 0. The Bertz CT molecular complexity index is 213. The first-order valence-corrected chi connectivity index (χ1v) is 3.06. The molecule has 1 aromatic carbocycles. The molecule has 88 valence electrons. The van der Waals surface area contributed by atoms with Gasteiger partial charge in [0.05, 0.1) is 6.61 Å². The first kappa shape index (κ1) is 29.5. The number of benzene rings is 1. The quantitative estimate of drug-likeness (QED) is 0.790. The molecule has 0 aromatic heterocycles. The van der Waals surface area contributed by atoms with E-state index in [0.29, 0.717) is 5.02 Å². The molecule has 0 aliphatic heterocycles. The number of hydrogen-bond acceptors (Lipinski definition) is 1. The highest BCUT2D eigenvalue weighted by atomic mass is 35.5. The van der Waals surface area contributed by atoms with E-state index in [4.69, 9.17) is 16.7 Å². The summed E-state index contributed by atoms with van der Waals surface area (Å²) < 4.78 is 0. The van der Waals surface area contributed by atoms with Crippen LogP contribution in [0.1, 0.15) is 5.56 Å². The van der Waals surface area contributed by atoms with Crippen molar-refractivity contribution in [3.8, 4) is 0 Å². The van der Waals surface area contributed by atoms with Gasteiger partial charge in [-0.05, 0) is 11.6 Å². The Morgan fingerprint density at radius 3 is 1.71 bits per heavy atom. The maximum Gasteiger partial charge on any atom is 0.0696 e. The predicted molar refractivity (Wildman–Crippen MR) is 85.2 cm³/mol. The molecular formula is C7H18Cl3OP3. The summed E-state index contributed by atoms with van der Waals surface area (Å²) in [5, 5.41) is 9.26. The summed E-state index contributed by atoms with van der Waals surface area (Å²) in [6, 6.07) is 7.23. The normalized spacial score (nSPS) is 6.14. The minimum Gasteiger partial charge on any atom is -0.392 e. The van der Waals surface area contributed by atoms with Gasteiger partial charge in [-0.15, -0.1) is 24.8 Å². The van der Waals surface area contributed by atoms with Crippen molar-refractivity contribution < 1.29 is 5.11 Å². The molecule has 0 saturated carbocycles. The van der Waals surface area contributed by atoms with Gasteiger partial charge < -0.3 is 5.11 Å². The monoisotopic (exact) mass is 316 g/mol. The standard InChI is InChI=1S/C7H7ClO.2ClH.3H3P/c8-7-4-2-1-3-6(7)5-9;;;;;/h1-4,9H,5H2;2*1H;3*1H3. The Morgan fingerprint density at radius 1 is 1.00 bits per heavy atom. The van der Waals surface area contributed by atoms with Crippen molar-refractivity contribution >= 4 is 66.1 Å². The first-order chi connectivity index (χ1) is 4.34. The Labute approximate surface area is 112 Å². The zero-order valence-corrected chi connectivity index (χ0v) is 14.4. The molecule has 0 heterocycles. The van der Waals surface area contributed by atoms with Crippen molar-refractivity contribution in [2.45, 2.75) is 6.61 Å². The van der Waals surface area contributed by atoms with E-state index in [1.54, 1.807) is 12.1 Å². The molecule has 0 bridgehead atoms. The maximum atomic E-state index is 8.63. The topological polar surface area (TPSA) is 20.2 Å². The molecule has 0 fully saturated rings. The van der Waals surface area contributed by atoms with Crippen molar-refractivity contribution in [1.82, 2.24) is 0 Å². The lowest BCUT2D eigenvalue weighted by atomic mass is 10.2. The number of halogens is 3. The van der Waals surface area contributed by atoms with Crippen LogP contribution < -0.4 is 0 Å². The van der Waals surface area contributed by atoms with E-state index in [0.717, 1.165) is 5.56 Å². The molecule has 1 N–H and O–H groups in total. The van der Waals surface area contributed by atoms with E-state index >= 15 is 0 Å². The zero-order chi connectivity index (χ0) is 6.69. The molecule has 0 aliphatic carbocycles. The summed E-state index contributed by atoms with van der Waals surface area (Å²) >= 11 is 5.66. The van der Waals surface area contributed by atoms with Crippen LogP contribution >= 0.6 is 66.1 Å². The largest absolute Gasteiger partial charge is 0.392 e. The zero-order valence-electron chi connectivity index (χ0n) is 7.78. The summed E-state index contributed by atoms with van der Waals surface area (Å²) in [5.74, 6) is 0. The number of rotatable bonds is 1. The fraction of sp³-hybridized carbons (Fsp3) is 0.143. The third-order valence-electron chi connectivity index (χ3n) is 1.13. The van der Waals surface area contributed by atoms with Crippen LogP contribution in [0.25, 0.3) is 0 Å². The second-order valence-electron chi connectivity index (χ2n) is 1.75. The smallest absolute Gasteiger partial charge is 0.0696 e. The fourth-order valence-electron chi connectivity index (χ4n) is 0.627. The first-order valence-electron chi connectivity index (χ1n) is 2.69. The van der Waals surface area contributed by atoms with Crippen LogP contribution in [0.2, 0.25) is 5.02 Å².